The van der Waals surface area contributed by atoms with Crippen LogP contribution in [0.3, 0.4) is 0 Å². The second-order valence-corrected chi connectivity index (χ2v) is 15.9. The van der Waals surface area contributed by atoms with E-state index in [1.165, 1.54) is 18.2 Å². The van der Waals surface area contributed by atoms with Crippen LogP contribution in [0.4, 0.5) is 11.4 Å². The maximum atomic E-state index is 11.8. The summed E-state index contributed by atoms with van der Waals surface area (Å²) in [6.07, 6.45) is 10.8. The zero-order valence-corrected chi connectivity index (χ0v) is 28.8. The molecule has 2 aromatic rings. The van der Waals surface area contributed by atoms with Crippen LogP contribution in [0.25, 0.3) is 0 Å². The molecule has 2 heterocycles. The van der Waals surface area contributed by atoms with E-state index in [1.807, 2.05) is 47.6 Å². The molecule has 2 aliphatic heterocycles. The molecule has 5 rings (SSSR count). The van der Waals surface area contributed by atoms with Crippen molar-refractivity contribution in [3.63, 3.8) is 0 Å². The lowest BCUT2D eigenvalue weighted by Gasteiger charge is -2.26. The van der Waals surface area contributed by atoms with E-state index in [2.05, 4.69) is 27.7 Å². The van der Waals surface area contributed by atoms with Gasteiger partial charge in [0.15, 0.2) is 5.71 Å². The predicted octanol–water partition coefficient (Wildman–Crippen LogP) is 7.09. The monoisotopic (exact) mass is 670 g/mol. The molecule has 1 N–H and O–H groups in total. The lowest BCUT2D eigenvalue weighted by Crippen LogP contribution is -2.27. The van der Waals surface area contributed by atoms with Crippen molar-refractivity contribution in [2.75, 3.05) is 18.0 Å². The quantitative estimate of drug-likeness (QED) is 0.247. The number of allylic oxidation sites excluding steroid dienone is 8. The summed E-state index contributed by atoms with van der Waals surface area (Å²) in [6, 6.07) is 9.30. The highest BCUT2D eigenvalue weighted by Crippen LogP contribution is 2.48. The molecule has 0 unspecified atom stereocenters. The van der Waals surface area contributed by atoms with Gasteiger partial charge >= 0.3 is 0 Å². The van der Waals surface area contributed by atoms with E-state index < -0.39 is 31.1 Å². The second-order valence-electron chi connectivity index (χ2n) is 12.7. The summed E-state index contributed by atoms with van der Waals surface area (Å²) in [4.78, 5) is 1.80. The van der Waals surface area contributed by atoms with Crippen LogP contribution < -0.4 is 4.90 Å². The Labute approximate surface area is 271 Å². The molecule has 0 fully saturated rings. The van der Waals surface area contributed by atoms with Crippen LogP contribution in [0.1, 0.15) is 71.9 Å². The number of nitrogens with zero attached hydrogens (tertiary/aromatic N) is 2. The fourth-order valence-corrected chi connectivity index (χ4v) is 8.19. The standard InChI is InChI=1S/C34H39ClN2O6S2/c1-7-36-28-16-14-24(44(38,39)40)20-26(28)33(3,4)30(36)18-12-22-10-9-11-23(32(22)35)13-19-31-34(5,6)27-21-25(45(41,42)43)15-17-29(27)37(31)8-2/h12-21H,7-11H2,1-6H3,(H-,38,39,40,41,42,43). The van der Waals surface area contributed by atoms with E-state index in [4.69, 9.17) is 11.6 Å². The Balaban J connectivity index is 1.50. The van der Waals surface area contributed by atoms with Crippen LogP contribution >= 0.6 is 11.6 Å². The summed E-state index contributed by atoms with van der Waals surface area (Å²) in [7, 11) is -8.90. The van der Waals surface area contributed by atoms with Gasteiger partial charge in [-0.05, 0) is 100 Å². The number of hydrogen-bond acceptors (Lipinski definition) is 6. The number of benzene rings is 2. The Morgan fingerprint density at radius 3 is 2.22 bits per heavy atom. The number of hydrogen-bond donors (Lipinski definition) is 1. The lowest BCUT2D eigenvalue weighted by molar-refractivity contribution is -0.433. The zero-order chi connectivity index (χ0) is 33.1. The molecule has 0 spiro atoms. The van der Waals surface area contributed by atoms with Gasteiger partial charge in [0.2, 0.25) is 5.69 Å². The van der Waals surface area contributed by atoms with Crippen molar-refractivity contribution in [3.05, 3.63) is 93.7 Å². The molecule has 0 saturated heterocycles. The molecular weight excluding hydrogens is 632 g/mol. The molecule has 0 amide bonds. The third-order valence-corrected chi connectivity index (χ3v) is 11.5. The maximum absolute atomic E-state index is 11.8. The normalized spacial score (nSPS) is 21.4. The Bertz CT molecular complexity index is 1970. The Kier molecular flexibility index (Phi) is 8.63. The van der Waals surface area contributed by atoms with Crippen molar-refractivity contribution < 1.29 is 30.5 Å². The minimum atomic E-state index is -4.58. The van der Waals surface area contributed by atoms with Crippen molar-refractivity contribution in [2.24, 2.45) is 0 Å². The van der Waals surface area contributed by atoms with Gasteiger partial charge in [0.05, 0.1) is 15.2 Å². The first kappa shape index (κ1) is 33.3. The first-order valence-corrected chi connectivity index (χ1v) is 18.3. The summed E-state index contributed by atoms with van der Waals surface area (Å²) in [6.45, 7) is 13.6. The van der Waals surface area contributed by atoms with Crippen molar-refractivity contribution >= 4 is 48.9 Å². The minimum Gasteiger partial charge on any atom is -0.744 e. The number of rotatable bonds is 7. The average Bonchev–Trinajstić information content (AvgIpc) is 3.32. The zero-order valence-electron chi connectivity index (χ0n) is 26.4. The smallest absolute Gasteiger partial charge is 0.294 e. The van der Waals surface area contributed by atoms with Crippen molar-refractivity contribution in [3.8, 4) is 0 Å². The molecule has 2 aromatic carbocycles. The third kappa shape index (κ3) is 5.87. The van der Waals surface area contributed by atoms with Crippen molar-refractivity contribution in [1.82, 2.24) is 0 Å². The van der Waals surface area contributed by atoms with Crippen LogP contribution in [0.5, 0.6) is 0 Å². The minimum absolute atomic E-state index is 0.122. The van der Waals surface area contributed by atoms with Gasteiger partial charge in [0.25, 0.3) is 10.1 Å². The van der Waals surface area contributed by atoms with Gasteiger partial charge in [-0.15, -0.1) is 0 Å². The molecule has 0 atom stereocenters. The van der Waals surface area contributed by atoms with Crippen LogP contribution in [0, 0.1) is 0 Å². The van der Waals surface area contributed by atoms with Gasteiger partial charge in [-0.2, -0.15) is 13.0 Å². The van der Waals surface area contributed by atoms with Gasteiger partial charge < -0.3 is 9.45 Å². The molecule has 0 saturated carbocycles. The molecule has 0 radical (unpaired) electrons. The Hall–Kier alpha value is -3.02. The number of halogens is 1. The Morgan fingerprint density at radius 1 is 0.933 bits per heavy atom. The van der Waals surface area contributed by atoms with Crippen molar-refractivity contribution in [1.29, 1.82) is 0 Å². The van der Waals surface area contributed by atoms with Gasteiger partial charge in [0, 0.05) is 46.1 Å². The predicted molar refractivity (Wildman–Crippen MR) is 177 cm³/mol. The van der Waals surface area contributed by atoms with Crippen LogP contribution in [0.15, 0.2) is 92.4 Å². The second kappa shape index (κ2) is 11.7. The van der Waals surface area contributed by atoms with Crippen LogP contribution in [0.2, 0.25) is 0 Å². The van der Waals surface area contributed by atoms with Gasteiger partial charge in [0.1, 0.15) is 16.7 Å². The topological polar surface area (TPSA) is 118 Å². The molecule has 0 aromatic heterocycles. The third-order valence-electron chi connectivity index (χ3n) is 9.29. The first-order valence-electron chi connectivity index (χ1n) is 15.1. The SMILES string of the molecule is CCN1/C(=C\C=C2\CCCC(/C=C/C3=[N+](CC)c4ccc(S(=O)(=O)[O-])cc4C3(C)C)=C2Cl)C(C)(C)c2cc(S(=O)(=O)O)ccc21. The summed E-state index contributed by atoms with van der Waals surface area (Å²) < 4.78 is 70.7. The largest absolute Gasteiger partial charge is 0.744 e. The fraction of sp³-hybridized carbons (Fsp3) is 0.382. The van der Waals surface area contributed by atoms with Gasteiger partial charge in [-0.1, -0.05) is 37.6 Å². The van der Waals surface area contributed by atoms with Gasteiger partial charge in [-0.25, -0.2) is 8.42 Å². The lowest BCUT2D eigenvalue weighted by atomic mass is 9.81. The highest BCUT2D eigenvalue weighted by molar-refractivity contribution is 7.86. The summed E-state index contributed by atoms with van der Waals surface area (Å²) >= 11 is 7.02. The summed E-state index contributed by atoms with van der Waals surface area (Å²) in [5.74, 6) is 0. The number of fused-ring (bicyclic) bond motifs is 2. The number of anilines is 1. The number of likely N-dealkylation sites (N-methyl/N-ethyl adjacent to an activating group) is 1. The molecule has 0 bridgehead atoms. The Morgan fingerprint density at radius 2 is 1.60 bits per heavy atom. The first-order chi connectivity index (χ1) is 20.9. The summed E-state index contributed by atoms with van der Waals surface area (Å²) in [5.41, 5.74) is 6.38. The molecule has 8 nitrogen and oxygen atoms in total. The molecule has 240 valence electrons. The van der Waals surface area contributed by atoms with E-state index in [1.54, 1.807) is 18.2 Å². The van der Waals surface area contributed by atoms with E-state index in [-0.39, 0.29) is 9.79 Å². The molecule has 3 aliphatic rings. The maximum Gasteiger partial charge on any atom is 0.294 e. The van der Waals surface area contributed by atoms with Crippen LogP contribution in [-0.2, 0) is 31.1 Å². The molecule has 1 aliphatic carbocycles. The molecule has 11 heteroatoms. The van der Waals surface area contributed by atoms with E-state index in [0.29, 0.717) is 18.1 Å². The van der Waals surface area contributed by atoms with Crippen LogP contribution in [-0.4, -0.2) is 49.3 Å². The fourth-order valence-electron chi connectivity index (χ4n) is 6.87. The average molecular weight is 671 g/mol. The van der Waals surface area contributed by atoms with E-state index in [9.17, 15) is 25.9 Å². The molecular formula is C34H39ClN2O6S2. The molecule has 45 heavy (non-hydrogen) atoms. The highest BCUT2D eigenvalue weighted by atomic mass is 35.5. The summed E-state index contributed by atoms with van der Waals surface area (Å²) in [5, 5.41) is 0.691. The van der Waals surface area contributed by atoms with Crippen molar-refractivity contribution in [2.45, 2.75) is 81.4 Å². The van der Waals surface area contributed by atoms with E-state index >= 15 is 0 Å². The van der Waals surface area contributed by atoms with E-state index in [0.717, 1.165) is 64.3 Å². The van der Waals surface area contributed by atoms with Gasteiger partial charge in [-0.3, -0.25) is 4.55 Å². The highest BCUT2D eigenvalue weighted by Gasteiger charge is 2.44.